The van der Waals surface area contributed by atoms with Gasteiger partial charge in [0, 0.05) is 41.5 Å². The lowest BCUT2D eigenvalue weighted by molar-refractivity contribution is -0.163. The summed E-state index contributed by atoms with van der Waals surface area (Å²) < 4.78 is 24.8. The minimum atomic E-state index is -1.92. The molecule has 1 aromatic heterocycles. The summed E-state index contributed by atoms with van der Waals surface area (Å²) in [6.45, 7) is 3.05. The van der Waals surface area contributed by atoms with Crippen molar-refractivity contribution in [1.29, 1.82) is 0 Å². The van der Waals surface area contributed by atoms with E-state index >= 15 is 0 Å². The minimum absolute atomic E-state index is 0.0454. The Morgan fingerprint density at radius 2 is 2.16 bits per heavy atom. The molecule has 1 amide bonds. The number of pyridine rings is 1. The molecule has 38 heavy (non-hydrogen) atoms. The molecule has 3 heterocycles. The molecular formula is C28H28FN3O6. The molecule has 5 aliphatic rings. The molecular weight excluding hydrogens is 493 g/mol. The van der Waals surface area contributed by atoms with Gasteiger partial charge in [0.15, 0.2) is 11.4 Å². The molecule has 0 saturated heterocycles. The first-order valence-corrected chi connectivity index (χ1v) is 12.7. The number of aliphatic hydroxyl groups is 1. The molecule has 0 bridgehead atoms. The second-order valence-corrected chi connectivity index (χ2v) is 10.4. The summed E-state index contributed by atoms with van der Waals surface area (Å²) in [6, 6.07) is -1.22. The van der Waals surface area contributed by atoms with Crippen LogP contribution in [0.1, 0.15) is 55.5 Å². The van der Waals surface area contributed by atoms with E-state index in [2.05, 4.69) is 10.6 Å². The normalized spacial score (nSPS) is 30.9. The zero-order valence-electron chi connectivity index (χ0n) is 21.3. The molecule has 0 aromatic carbocycles. The van der Waals surface area contributed by atoms with Gasteiger partial charge in [0.2, 0.25) is 5.91 Å². The summed E-state index contributed by atoms with van der Waals surface area (Å²) in [7, 11) is 1.44. The van der Waals surface area contributed by atoms with E-state index in [1.807, 2.05) is 6.08 Å². The third-order valence-electron chi connectivity index (χ3n) is 8.30. The number of nitrogens with zero attached hydrogens (tertiary/aromatic N) is 1. The van der Waals surface area contributed by atoms with Crippen molar-refractivity contribution >= 4 is 28.9 Å². The van der Waals surface area contributed by atoms with Crippen LogP contribution >= 0.6 is 0 Å². The summed E-state index contributed by atoms with van der Waals surface area (Å²) >= 11 is 0. The molecule has 9 nitrogen and oxygen atoms in total. The smallest absolute Gasteiger partial charge is 0.343 e. The van der Waals surface area contributed by atoms with Gasteiger partial charge in [-0.2, -0.15) is 0 Å². The SMILES string of the molecule is CC[C@@]1(O)C(=O)OCC2=C1C=C1c3ncc4c(c3NC1C2=O)[C@@H](NC(=O)COC)CC1C=C(C)C(F)=CC41. The number of hydrogen-bond donors (Lipinski definition) is 3. The number of fused-ring (bicyclic) bond motifs is 7. The van der Waals surface area contributed by atoms with Crippen LogP contribution in [0.3, 0.4) is 0 Å². The molecule has 0 radical (unpaired) electrons. The second-order valence-electron chi connectivity index (χ2n) is 10.4. The van der Waals surface area contributed by atoms with Crippen LogP contribution in [-0.4, -0.2) is 59.7 Å². The molecule has 198 valence electrons. The Balaban J connectivity index is 1.50. The first-order valence-electron chi connectivity index (χ1n) is 12.7. The van der Waals surface area contributed by atoms with Crippen LogP contribution in [0.4, 0.5) is 10.1 Å². The number of amides is 1. The zero-order chi connectivity index (χ0) is 26.9. The summed E-state index contributed by atoms with van der Waals surface area (Å²) in [6.07, 6.45) is 7.41. The highest BCUT2D eigenvalue weighted by molar-refractivity contribution is 6.17. The van der Waals surface area contributed by atoms with E-state index in [4.69, 9.17) is 14.5 Å². The number of rotatable bonds is 4. The van der Waals surface area contributed by atoms with E-state index in [-0.39, 0.29) is 60.1 Å². The summed E-state index contributed by atoms with van der Waals surface area (Å²) in [4.78, 5) is 43.3. The lowest BCUT2D eigenvalue weighted by Gasteiger charge is -2.38. The van der Waals surface area contributed by atoms with E-state index in [0.717, 1.165) is 11.1 Å². The predicted octanol–water partition coefficient (Wildman–Crippen LogP) is 2.56. The van der Waals surface area contributed by atoms with E-state index < -0.39 is 23.7 Å². The molecule has 0 saturated carbocycles. The lowest BCUT2D eigenvalue weighted by atomic mass is 9.70. The maximum absolute atomic E-state index is 14.7. The third kappa shape index (κ3) is 3.43. The number of nitrogens with one attached hydrogen (secondary N) is 2. The van der Waals surface area contributed by atoms with Crippen LogP contribution < -0.4 is 10.6 Å². The standard InChI is InChI=1S/C28H28FN3O6/c1-4-28(36)18-7-15-23-25(32-24(15)26(34)17(18)10-38-27(28)35)22-16(9-30-23)14-8-19(29)12(2)5-13(14)6-20(22)31-21(33)11-37-3/h5,7-9,13-14,20,24,32,36H,4,6,10-11H2,1-3H3,(H,31,33)/t13?,14?,20-,24?,28-/m0/s1. The maximum atomic E-state index is 14.7. The fraction of sp³-hybridized carbons (Fsp3) is 0.429. The number of hydrogen-bond acceptors (Lipinski definition) is 8. The van der Waals surface area contributed by atoms with Crippen LogP contribution in [0, 0.1) is 5.92 Å². The van der Waals surface area contributed by atoms with Crippen molar-refractivity contribution in [1.82, 2.24) is 10.3 Å². The monoisotopic (exact) mass is 521 g/mol. The fourth-order valence-electron chi connectivity index (χ4n) is 6.37. The van der Waals surface area contributed by atoms with Gasteiger partial charge in [0.25, 0.3) is 0 Å². The van der Waals surface area contributed by atoms with Crippen molar-refractivity contribution in [3.05, 3.63) is 63.8 Å². The van der Waals surface area contributed by atoms with Crippen molar-refractivity contribution in [3.63, 3.8) is 0 Å². The van der Waals surface area contributed by atoms with Crippen molar-refractivity contribution in [2.75, 3.05) is 25.6 Å². The Morgan fingerprint density at radius 1 is 1.37 bits per heavy atom. The van der Waals surface area contributed by atoms with E-state index in [0.29, 0.717) is 28.9 Å². The molecule has 1 aromatic rings. The second kappa shape index (κ2) is 8.71. The number of halogens is 1. The lowest BCUT2D eigenvalue weighted by Crippen LogP contribution is -2.49. The number of carbonyl (C=O) groups is 3. The van der Waals surface area contributed by atoms with Gasteiger partial charge in [-0.25, -0.2) is 9.18 Å². The number of ketones is 1. The van der Waals surface area contributed by atoms with Gasteiger partial charge in [-0.3, -0.25) is 14.6 Å². The van der Waals surface area contributed by atoms with Crippen molar-refractivity contribution in [2.24, 2.45) is 5.92 Å². The van der Waals surface area contributed by atoms with Gasteiger partial charge >= 0.3 is 5.97 Å². The Hall–Kier alpha value is -3.63. The highest BCUT2D eigenvalue weighted by Crippen LogP contribution is 2.53. The number of methoxy groups -OCH3 is 1. The largest absolute Gasteiger partial charge is 0.458 e. The Labute approximate surface area is 218 Å². The van der Waals surface area contributed by atoms with Crippen LogP contribution in [-0.2, 0) is 23.9 Å². The predicted molar refractivity (Wildman–Crippen MR) is 134 cm³/mol. The van der Waals surface area contributed by atoms with Crippen LogP contribution in [0.2, 0.25) is 0 Å². The van der Waals surface area contributed by atoms with Gasteiger partial charge in [-0.1, -0.05) is 13.0 Å². The molecule has 6 rings (SSSR count). The summed E-state index contributed by atoms with van der Waals surface area (Å²) in [5, 5.41) is 17.5. The zero-order valence-corrected chi connectivity index (χ0v) is 21.3. The summed E-state index contributed by atoms with van der Waals surface area (Å²) in [5.41, 5.74) is 2.27. The number of esters is 1. The Kier molecular flexibility index (Phi) is 5.66. The topological polar surface area (TPSA) is 127 Å². The van der Waals surface area contributed by atoms with Crippen LogP contribution in [0.5, 0.6) is 0 Å². The van der Waals surface area contributed by atoms with Crippen molar-refractivity contribution < 1.29 is 33.4 Å². The van der Waals surface area contributed by atoms with Gasteiger partial charge in [-0.15, -0.1) is 0 Å². The number of allylic oxidation sites excluding steroid dienone is 4. The van der Waals surface area contributed by atoms with Gasteiger partial charge in [0.1, 0.15) is 25.1 Å². The average Bonchev–Trinajstić information content (AvgIpc) is 3.27. The number of cyclic esters (lactones) is 1. The van der Waals surface area contributed by atoms with E-state index in [9.17, 15) is 23.9 Å². The molecule has 0 spiro atoms. The molecule has 3 aliphatic carbocycles. The quantitative estimate of drug-likeness (QED) is 0.516. The Bertz CT molecular complexity index is 1430. The number of anilines is 1. The van der Waals surface area contributed by atoms with Gasteiger partial charge in [-0.05, 0) is 49.0 Å². The highest BCUT2D eigenvalue weighted by Gasteiger charge is 2.51. The van der Waals surface area contributed by atoms with E-state index in [1.54, 1.807) is 32.2 Å². The first-order chi connectivity index (χ1) is 18.2. The van der Waals surface area contributed by atoms with Gasteiger partial charge < -0.3 is 25.2 Å². The molecule has 0 fully saturated rings. The molecule has 3 unspecified atom stereocenters. The van der Waals surface area contributed by atoms with Gasteiger partial charge in [0.05, 0.1) is 17.4 Å². The number of carbonyl (C=O) groups excluding carboxylic acids is 3. The molecule has 3 N–H and O–H groups in total. The van der Waals surface area contributed by atoms with Crippen molar-refractivity contribution in [2.45, 2.75) is 50.3 Å². The number of ether oxygens (including phenoxy) is 2. The number of aromatic nitrogens is 1. The maximum Gasteiger partial charge on any atom is 0.343 e. The highest BCUT2D eigenvalue weighted by atomic mass is 19.1. The third-order valence-corrected chi connectivity index (χ3v) is 8.30. The Morgan fingerprint density at radius 3 is 2.89 bits per heavy atom. The fourth-order valence-corrected chi connectivity index (χ4v) is 6.37. The van der Waals surface area contributed by atoms with Crippen LogP contribution in [0.25, 0.3) is 5.57 Å². The molecule has 5 atom stereocenters. The van der Waals surface area contributed by atoms with E-state index in [1.165, 1.54) is 7.11 Å². The molecule has 2 aliphatic heterocycles. The van der Waals surface area contributed by atoms with Crippen LogP contribution in [0.15, 0.2) is 47.0 Å². The average molecular weight is 522 g/mol. The van der Waals surface area contributed by atoms with Crippen molar-refractivity contribution in [3.8, 4) is 0 Å². The first kappa shape index (κ1) is 24.7. The molecule has 10 heteroatoms. The summed E-state index contributed by atoms with van der Waals surface area (Å²) in [5.74, 6) is -2.00. The minimum Gasteiger partial charge on any atom is -0.458 e. The number of Topliss-reactive ketones (excluding diaryl/α,β-unsaturated/α-hetero) is 1.